The van der Waals surface area contributed by atoms with Crippen molar-refractivity contribution in [1.29, 1.82) is 5.26 Å². The van der Waals surface area contributed by atoms with Crippen molar-refractivity contribution < 1.29 is 4.79 Å². The molecule has 5 nitrogen and oxygen atoms in total. The van der Waals surface area contributed by atoms with Crippen LogP contribution in [-0.2, 0) is 0 Å². The molecule has 0 saturated heterocycles. The highest BCUT2D eigenvalue weighted by Gasteiger charge is 2.36. The summed E-state index contributed by atoms with van der Waals surface area (Å²) in [5.41, 5.74) is 6.61. The maximum Gasteiger partial charge on any atom is 0.265 e. The summed E-state index contributed by atoms with van der Waals surface area (Å²) in [6, 6.07) is 2.51. The number of nitrogen functional groups attached to an aromatic ring is 1. The van der Waals surface area contributed by atoms with Crippen molar-refractivity contribution in [2.45, 2.75) is 25.8 Å². The maximum absolute atomic E-state index is 12.0. The molecule has 1 amide bonds. The van der Waals surface area contributed by atoms with E-state index in [-0.39, 0.29) is 5.91 Å². The van der Waals surface area contributed by atoms with E-state index < -0.39 is 0 Å². The highest BCUT2D eigenvalue weighted by Crippen LogP contribution is 2.41. The Morgan fingerprint density at radius 1 is 1.63 bits per heavy atom. The molecular formula is C13H18N4OS. The molecule has 1 aromatic heterocycles. The third kappa shape index (κ3) is 2.51. The van der Waals surface area contributed by atoms with Gasteiger partial charge in [0, 0.05) is 20.1 Å². The number of carbonyl (C=O) groups is 1. The Morgan fingerprint density at radius 2 is 2.32 bits per heavy atom. The largest absolute Gasteiger partial charge is 0.396 e. The van der Waals surface area contributed by atoms with Gasteiger partial charge in [0.25, 0.3) is 5.91 Å². The highest BCUT2D eigenvalue weighted by atomic mass is 32.1. The molecule has 1 aliphatic carbocycles. The molecule has 1 fully saturated rings. The number of carbonyl (C=O) groups excluding carboxylic acids is 1. The van der Waals surface area contributed by atoms with Crippen LogP contribution in [0, 0.1) is 17.2 Å². The van der Waals surface area contributed by atoms with Crippen LogP contribution in [0.25, 0.3) is 0 Å². The van der Waals surface area contributed by atoms with Crippen LogP contribution in [0.1, 0.15) is 35.0 Å². The molecule has 19 heavy (non-hydrogen) atoms. The van der Waals surface area contributed by atoms with Crippen molar-refractivity contribution in [3.05, 3.63) is 10.4 Å². The number of hydrogen-bond acceptors (Lipinski definition) is 5. The van der Waals surface area contributed by atoms with Gasteiger partial charge in [-0.2, -0.15) is 5.26 Å². The van der Waals surface area contributed by atoms with E-state index >= 15 is 0 Å². The van der Waals surface area contributed by atoms with Crippen LogP contribution in [0.4, 0.5) is 10.7 Å². The molecule has 2 atom stereocenters. The quantitative estimate of drug-likeness (QED) is 0.883. The molecule has 102 valence electrons. The van der Waals surface area contributed by atoms with Crippen LogP contribution in [0.2, 0.25) is 0 Å². The van der Waals surface area contributed by atoms with Crippen molar-refractivity contribution in [1.82, 2.24) is 4.90 Å². The number of nitrogens with one attached hydrogen (secondary N) is 1. The number of thiophene rings is 1. The van der Waals surface area contributed by atoms with Gasteiger partial charge in [0.05, 0.1) is 5.69 Å². The zero-order valence-corrected chi connectivity index (χ0v) is 12.2. The first-order chi connectivity index (χ1) is 8.99. The van der Waals surface area contributed by atoms with Gasteiger partial charge in [-0.15, -0.1) is 11.3 Å². The Labute approximate surface area is 117 Å². The smallest absolute Gasteiger partial charge is 0.265 e. The van der Waals surface area contributed by atoms with E-state index in [0.29, 0.717) is 28.1 Å². The molecule has 6 heteroatoms. The standard InChI is InChI=1S/C13H18N4OS/c1-4-7-5-9(7)16-12-8(6-14)10(15)11(19-12)13(18)17(2)3/h7,9,16H,4-5,15H2,1-3H3. The second-order valence-corrected chi connectivity index (χ2v) is 6.04. The van der Waals surface area contributed by atoms with E-state index in [2.05, 4.69) is 18.3 Å². The fourth-order valence-corrected chi connectivity index (χ4v) is 3.22. The zero-order chi connectivity index (χ0) is 14.2. The van der Waals surface area contributed by atoms with Gasteiger partial charge < -0.3 is 16.0 Å². The summed E-state index contributed by atoms with van der Waals surface area (Å²) in [4.78, 5) is 13.9. The Bertz CT molecular complexity index is 544. The van der Waals surface area contributed by atoms with Crippen molar-refractivity contribution >= 4 is 27.9 Å². The molecule has 1 heterocycles. The number of hydrogen-bond donors (Lipinski definition) is 2. The molecule has 2 rings (SSSR count). The van der Waals surface area contributed by atoms with Gasteiger partial charge in [0.2, 0.25) is 0 Å². The second-order valence-electron chi connectivity index (χ2n) is 5.02. The first-order valence-corrected chi connectivity index (χ1v) is 7.11. The van der Waals surface area contributed by atoms with Gasteiger partial charge >= 0.3 is 0 Å². The Kier molecular flexibility index (Phi) is 3.67. The average Bonchev–Trinajstić information content (AvgIpc) is 3.05. The van der Waals surface area contributed by atoms with E-state index in [9.17, 15) is 10.1 Å². The molecule has 1 aliphatic rings. The molecular weight excluding hydrogens is 260 g/mol. The average molecular weight is 278 g/mol. The molecule has 2 unspecified atom stereocenters. The summed E-state index contributed by atoms with van der Waals surface area (Å²) in [5.74, 6) is 0.512. The van der Waals surface area contributed by atoms with E-state index in [4.69, 9.17) is 5.73 Å². The Hall–Kier alpha value is -1.74. The molecule has 3 N–H and O–H groups in total. The van der Waals surface area contributed by atoms with E-state index in [0.717, 1.165) is 17.8 Å². The minimum atomic E-state index is -0.158. The summed E-state index contributed by atoms with van der Waals surface area (Å²) < 4.78 is 0. The Morgan fingerprint density at radius 3 is 2.79 bits per heavy atom. The minimum absolute atomic E-state index is 0.158. The topological polar surface area (TPSA) is 82.2 Å². The number of amides is 1. The Balaban J connectivity index is 2.27. The predicted molar refractivity (Wildman–Crippen MR) is 77.3 cm³/mol. The van der Waals surface area contributed by atoms with Gasteiger partial charge in [-0.05, 0) is 12.3 Å². The molecule has 0 spiro atoms. The third-order valence-electron chi connectivity index (χ3n) is 3.42. The SMILES string of the molecule is CCC1CC1Nc1sc(C(=O)N(C)C)c(N)c1C#N. The van der Waals surface area contributed by atoms with Gasteiger partial charge in [0.15, 0.2) is 0 Å². The highest BCUT2D eigenvalue weighted by molar-refractivity contribution is 7.18. The molecule has 0 radical (unpaired) electrons. The number of nitrogens with zero attached hydrogens (tertiary/aromatic N) is 2. The molecule has 0 bridgehead atoms. The summed E-state index contributed by atoms with van der Waals surface area (Å²) in [5, 5.41) is 13.3. The predicted octanol–water partition coefficient (Wildman–Crippen LogP) is 2.11. The van der Waals surface area contributed by atoms with Gasteiger partial charge in [0.1, 0.15) is 21.5 Å². The first-order valence-electron chi connectivity index (χ1n) is 6.30. The molecule has 0 aliphatic heterocycles. The van der Waals surface area contributed by atoms with Gasteiger partial charge in [-0.1, -0.05) is 13.3 Å². The van der Waals surface area contributed by atoms with E-state index in [1.165, 1.54) is 16.2 Å². The summed E-state index contributed by atoms with van der Waals surface area (Å²) in [6.45, 7) is 2.15. The zero-order valence-electron chi connectivity index (χ0n) is 11.4. The van der Waals surface area contributed by atoms with Gasteiger partial charge in [-0.3, -0.25) is 4.79 Å². The number of nitriles is 1. The van der Waals surface area contributed by atoms with Crippen molar-refractivity contribution in [2.75, 3.05) is 25.1 Å². The molecule has 1 aromatic rings. The van der Waals surface area contributed by atoms with Gasteiger partial charge in [-0.25, -0.2) is 0 Å². The van der Waals surface area contributed by atoms with Crippen LogP contribution in [0.15, 0.2) is 0 Å². The van der Waals surface area contributed by atoms with Crippen LogP contribution >= 0.6 is 11.3 Å². The summed E-state index contributed by atoms with van der Waals surface area (Å²) in [6.07, 6.45) is 2.25. The van der Waals surface area contributed by atoms with Crippen LogP contribution in [-0.4, -0.2) is 30.9 Å². The lowest BCUT2D eigenvalue weighted by Crippen LogP contribution is -2.21. The number of nitrogens with two attached hydrogens (primary N) is 1. The fourth-order valence-electron chi connectivity index (χ4n) is 2.06. The number of anilines is 2. The van der Waals surface area contributed by atoms with Crippen LogP contribution in [0.5, 0.6) is 0 Å². The van der Waals surface area contributed by atoms with Crippen molar-refractivity contribution in [2.24, 2.45) is 5.92 Å². The van der Waals surface area contributed by atoms with E-state index in [1.54, 1.807) is 14.1 Å². The molecule has 0 aromatic carbocycles. The minimum Gasteiger partial charge on any atom is -0.396 e. The monoisotopic (exact) mass is 278 g/mol. The lowest BCUT2D eigenvalue weighted by Gasteiger charge is -2.08. The summed E-state index contributed by atoms with van der Waals surface area (Å²) >= 11 is 1.28. The van der Waals surface area contributed by atoms with Crippen LogP contribution in [0.3, 0.4) is 0 Å². The normalized spacial score (nSPS) is 20.7. The lowest BCUT2D eigenvalue weighted by molar-refractivity contribution is 0.0833. The first kappa shape index (κ1) is 13.7. The third-order valence-corrected chi connectivity index (χ3v) is 4.55. The summed E-state index contributed by atoms with van der Waals surface area (Å²) in [7, 11) is 3.35. The second kappa shape index (κ2) is 5.10. The molecule has 1 saturated carbocycles. The fraction of sp³-hybridized carbons (Fsp3) is 0.538. The van der Waals surface area contributed by atoms with Crippen LogP contribution < -0.4 is 11.1 Å². The number of rotatable bonds is 4. The van der Waals surface area contributed by atoms with Crippen molar-refractivity contribution in [3.8, 4) is 6.07 Å². The lowest BCUT2D eigenvalue weighted by atomic mass is 10.2. The van der Waals surface area contributed by atoms with Crippen molar-refractivity contribution in [3.63, 3.8) is 0 Å². The van der Waals surface area contributed by atoms with E-state index in [1.807, 2.05) is 0 Å². The maximum atomic E-state index is 12.0.